The van der Waals surface area contributed by atoms with E-state index in [9.17, 15) is 18.0 Å². The lowest BCUT2D eigenvalue weighted by Crippen LogP contribution is -2.43. The third kappa shape index (κ3) is 4.64. The SMILES string of the molecule is CC1CC(c2cccc(N3Cc4c(cc(CN5CCCCCC5)cc4C(F)(F)F)C3=O)c2)(c2nncn2C)C1. The van der Waals surface area contributed by atoms with Crippen molar-refractivity contribution in [3.8, 4) is 0 Å². The molecule has 0 bridgehead atoms. The molecule has 0 N–H and O–H groups in total. The summed E-state index contributed by atoms with van der Waals surface area (Å²) < 4.78 is 44.7. The molecule has 0 unspecified atom stereocenters. The Morgan fingerprint density at radius 2 is 1.79 bits per heavy atom. The van der Waals surface area contributed by atoms with Crippen LogP contribution in [0.25, 0.3) is 0 Å². The quantitative estimate of drug-likeness (QED) is 0.396. The molecular formula is C30H34F3N5O. The van der Waals surface area contributed by atoms with Crippen LogP contribution in [-0.2, 0) is 31.7 Å². The van der Waals surface area contributed by atoms with Gasteiger partial charge in [-0.25, -0.2) is 0 Å². The molecule has 1 saturated carbocycles. The molecule has 1 aliphatic carbocycles. The summed E-state index contributed by atoms with van der Waals surface area (Å²) in [6.07, 6.45) is 3.35. The Morgan fingerprint density at radius 1 is 1.05 bits per heavy atom. The van der Waals surface area contributed by atoms with Gasteiger partial charge in [-0.05, 0) is 85.6 Å². The number of nitrogens with zero attached hydrogens (tertiary/aromatic N) is 5. The Morgan fingerprint density at radius 3 is 2.44 bits per heavy atom. The number of carbonyl (C=O) groups excluding carboxylic acids is 1. The molecular weight excluding hydrogens is 503 g/mol. The number of likely N-dealkylation sites (tertiary alicyclic amines) is 1. The van der Waals surface area contributed by atoms with Gasteiger partial charge in [0, 0.05) is 24.8 Å². The fourth-order valence-electron chi connectivity index (χ4n) is 6.94. The van der Waals surface area contributed by atoms with E-state index in [1.807, 2.05) is 35.9 Å². The second-order valence-corrected chi connectivity index (χ2v) is 11.7. The van der Waals surface area contributed by atoms with Crippen LogP contribution in [0.2, 0.25) is 0 Å². The van der Waals surface area contributed by atoms with Crippen LogP contribution < -0.4 is 4.90 Å². The van der Waals surface area contributed by atoms with E-state index in [2.05, 4.69) is 22.0 Å². The molecule has 1 aromatic heterocycles. The second kappa shape index (κ2) is 9.77. The number of rotatable bonds is 5. The Hall–Kier alpha value is -3.20. The van der Waals surface area contributed by atoms with Crippen molar-refractivity contribution >= 4 is 11.6 Å². The Bertz CT molecular complexity index is 1380. The van der Waals surface area contributed by atoms with Crippen LogP contribution in [0, 0.1) is 5.92 Å². The third-order valence-electron chi connectivity index (χ3n) is 8.76. The number of aryl methyl sites for hydroxylation is 1. The van der Waals surface area contributed by atoms with Crippen LogP contribution >= 0.6 is 0 Å². The van der Waals surface area contributed by atoms with Crippen LogP contribution in [-0.4, -0.2) is 38.7 Å². The second-order valence-electron chi connectivity index (χ2n) is 11.7. The predicted molar refractivity (Wildman–Crippen MR) is 142 cm³/mol. The van der Waals surface area contributed by atoms with Crippen molar-refractivity contribution in [2.45, 2.75) is 70.1 Å². The van der Waals surface area contributed by atoms with Crippen molar-refractivity contribution < 1.29 is 18.0 Å². The topological polar surface area (TPSA) is 54.3 Å². The third-order valence-corrected chi connectivity index (χ3v) is 8.76. The Kier molecular flexibility index (Phi) is 6.52. The normalized spacial score (nSPS) is 24.0. The molecule has 206 valence electrons. The highest BCUT2D eigenvalue weighted by atomic mass is 19.4. The first kappa shape index (κ1) is 26.0. The minimum Gasteiger partial charge on any atom is -0.320 e. The first-order valence-electron chi connectivity index (χ1n) is 13.9. The predicted octanol–water partition coefficient (Wildman–Crippen LogP) is 6.09. The first-order valence-corrected chi connectivity index (χ1v) is 13.9. The van der Waals surface area contributed by atoms with Crippen molar-refractivity contribution in [1.82, 2.24) is 19.7 Å². The van der Waals surface area contributed by atoms with Gasteiger partial charge in [0.2, 0.25) is 0 Å². The monoisotopic (exact) mass is 537 g/mol. The molecule has 1 saturated heterocycles. The van der Waals surface area contributed by atoms with Gasteiger partial charge in [0.15, 0.2) is 0 Å². The molecule has 6 nitrogen and oxygen atoms in total. The first-order chi connectivity index (χ1) is 18.7. The van der Waals surface area contributed by atoms with Gasteiger partial charge in [0.25, 0.3) is 5.91 Å². The minimum atomic E-state index is -4.53. The Balaban J connectivity index is 1.34. The maximum Gasteiger partial charge on any atom is 0.416 e. The molecule has 9 heteroatoms. The Labute approximate surface area is 226 Å². The van der Waals surface area contributed by atoms with Crippen LogP contribution in [0.1, 0.15) is 83.9 Å². The summed E-state index contributed by atoms with van der Waals surface area (Å²) in [5.74, 6) is 1.01. The van der Waals surface area contributed by atoms with Crippen LogP contribution in [0.4, 0.5) is 18.9 Å². The van der Waals surface area contributed by atoms with E-state index in [-0.39, 0.29) is 29.0 Å². The fraction of sp³-hybridized carbons (Fsp3) is 0.500. The standard InChI is InChI=1S/C30H34F3N5O/c1-20-15-29(16-20,28-35-34-19-36(28)2)22-8-7-9-23(14-22)38-18-25-24(27(38)39)12-21(13-26(25)30(31,32)33)17-37-10-5-3-4-6-11-37/h7-9,12-14,19-20H,3-6,10-11,15-18H2,1-2H3. The average molecular weight is 538 g/mol. The van der Waals surface area contributed by atoms with Crippen molar-refractivity contribution in [3.63, 3.8) is 0 Å². The number of carbonyl (C=O) groups is 1. The average Bonchev–Trinajstić information content (AvgIpc) is 3.34. The van der Waals surface area contributed by atoms with E-state index >= 15 is 0 Å². The number of halogens is 3. The number of fused-ring (bicyclic) bond motifs is 1. The van der Waals surface area contributed by atoms with E-state index in [4.69, 9.17) is 0 Å². The zero-order valence-corrected chi connectivity index (χ0v) is 22.5. The molecule has 0 spiro atoms. The molecule has 3 aliphatic rings. The summed E-state index contributed by atoms with van der Waals surface area (Å²) >= 11 is 0. The van der Waals surface area contributed by atoms with Gasteiger partial charge in [-0.1, -0.05) is 31.9 Å². The lowest BCUT2D eigenvalue weighted by molar-refractivity contribution is -0.138. The number of hydrogen-bond acceptors (Lipinski definition) is 4. The van der Waals surface area contributed by atoms with E-state index in [1.54, 1.807) is 12.4 Å². The number of anilines is 1. The molecule has 3 heterocycles. The van der Waals surface area contributed by atoms with Crippen LogP contribution in [0.5, 0.6) is 0 Å². The van der Waals surface area contributed by atoms with Gasteiger partial charge in [0.05, 0.1) is 17.5 Å². The van der Waals surface area contributed by atoms with Gasteiger partial charge in [-0.3, -0.25) is 9.69 Å². The van der Waals surface area contributed by atoms with Crippen LogP contribution in [0.3, 0.4) is 0 Å². The molecule has 2 aromatic carbocycles. The molecule has 3 aromatic rings. The number of amides is 1. The molecule has 39 heavy (non-hydrogen) atoms. The molecule has 2 fully saturated rings. The van der Waals surface area contributed by atoms with E-state index in [0.717, 1.165) is 63.0 Å². The minimum absolute atomic E-state index is 0.0674. The lowest BCUT2D eigenvalue weighted by atomic mass is 9.58. The highest BCUT2D eigenvalue weighted by molar-refractivity contribution is 6.10. The van der Waals surface area contributed by atoms with Crippen molar-refractivity contribution in [3.05, 3.63) is 76.4 Å². The summed E-state index contributed by atoms with van der Waals surface area (Å²) in [4.78, 5) is 17.4. The highest BCUT2D eigenvalue weighted by Crippen LogP contribution is 2.52. The number of alkyl halides is 3. The number of benzene rings is 2. The van der Waals surface area contributed by atoms with Crippen molar-refractivity contribution in [2.75, 3.05) is 18.0 Å². The summed E-state index contributed by atoms with van der Waals surface area (Å²) in [5, 5.41) is 8.49. The highest BCUT2D eigenvalue weighted by Gasteiger charge is 2.48. The largest absolute Gasteiger partial charge is 0.416 e. The van der Waals surface area contributed by atoms with Gasteiger partial charge in [-0.15, -0.1) is 10.2 Å². The van der Waals surface area contributed by atoms with Gasteiger partial charge in [-0.2, -0.15) is 13.2 Å². The molecule has 2 aliphatic heterocycles. The fourth-order valence-corrected chi connectivity index (χ4v) is 6.94. The zero-order valence-electron chi connectivity index (χ0n) is 22.5. The van der Waals surface area contributed by atoms with Gasteiger partial charge in [0.1, 0.15) is 12.2 Å². The number of hydrogen-bond donors (Lipinski definition) is 0. The summed E-state index contributed by atoms with van der Waals surface area (Å²) in [6.45, 7) is 4.27. The maximum atomic E-state index is 14.3. The lowest BCUT2D eigenvalue weighted by Gasteiger charge is -2.46. The molecule has 0 radical (unpaired) electrons. The van der Waals surface area contributed by atoms with Gasteiger partial charge >= 0.3 is 6.18 Å². The molecule has 0 atom stereocenters. The molecule has 1 amide bonds. The smallest absolute Gasteiger partial charge is 0.320 e. The zero-order chi connectivity index (χ0) is 27.4. The summed E-state index contributed by atoms with van der Waals surface area (Å²) in [5.41, 5.74) is 1.39. The van der Waals surface area contributed by atoms with E-state index < -0.39 is 11.7 Å². The maximum absolute atomic E-state index is 14.3. The van der Waals surface area contributed by atoms with Crippen LogP contribution in [0.15, 0.2) is 42.7 Å². The van der Waals surface area contributed by atoms with E-state index in [1.165, 1.54) is 11.0 Å². The number of aromatic nitrogens is 3. The van der Waals surface area contributed by atoms with E-state index in [0.29, 0.717) is 23.7 Å². The van der Waals surface area contributed by atoms with Gasteiger partial charge < -0.3 is 9.47 Å². The summed E-state index contributed by atoms with van der Waals surface area (Å²) in [6, 6.07) is 10.6. The van der Waals surface area contributed by atoms with Crippen molar-refractivity contribution in [1.29, 1.82) is 0 Å². The van der Waals surface area contributed by atoms with Crippen molar-refractivity contribution in [2.24, 2.45) is 13.0 Å². The summed E-state index contributed by atoms with van der Waals surface area (Å²) in [7, 11) is 1.92. The molecule has 6 rings (SSSR count).